The molecule has 1 aromatic rings. The normalized spacial score (nSPS) is 12.1. The molecule has 0 heterocycles. The molecule has 1 amide bonds. The van der Waals surface area contributed by atoms with Gasteiger partial charge in [-0.2, -0.15) is 0 Å². The van der Waals surface area contributed by atoms with E-state index < -0.39 is 11.0 Å². The first-order valence-electron chi connectivity index (χ1n) is 6.98. The Balaban J connectivity index is 2.52. The van der Waals surface area contributed by atoms with E-state index in [4.69, 9.17) is 22.1 Å². The lowest BCUT2D eigenvalue weighted by Crippen LogP contribution is -2.56. The van der Waals surface area contributed by atoms with Gasteiger partial charge < -0.3 is 15.4 Å². The summed E-state index contributed by atoms with van der Waals surface area (Å²) in [4.78, 5) is 14.1. The zero-order valence-corrected chi connectivity index (χ0v) is 14.2. The number of carbonyl (C=O) groups excluding carboxylic acids is 1. The van der Waals surface area contributed by atoms with Crippen LogP contribution in [-0.2, 0) is 4.79 Å². The number of hydrogen-bond acceptors (Lipinski definition) is 3. The van der Waals surface area contributed by atoms with E-state index in [0.717, 1.165) is 5.75 Å². The molecule has 5 heteroatoms. The molecule has 0 saturated carbocycles. The van der Waals surface area contributed by atoms with Crippen molar-refractivity contribution in [3.05, 3.63) is 29.3 Å². The van der Waals surface area contributed by atoms with E-state index in [-0.39, 0.29) is 5.91 Å². The quantitative estimate of drug-likeness (QED) is 0.878. The van der Waals surface area contributed by atoms with E-state index >= 15 is 0 Å². The maximum absolute atomic E-state index is 12.5. The Morgan fingerprint density at radius 2 is 1.76 bits per heavy atom. The van der Waals surface area contributed by atoms with Crippen LogP contribution in [0.1, 0.15) is 27.7 Å². The third-order valence-corrected chi connectivity index (χ3v) is 4.25. The average Bonchev–Trinajstić information content (AvgIpc) is 2.38. The highest BCUT2D eigenvalue weighted by atomic mass is 35.5. The van der Waals surface area contributed by atoms with Crippen LogP contribution in [0.5, 0.6) is 5.75 Å². The van der Waals surface area contributed by atoms with Crippen LogP contribution in [0.2, 0.25) is 5.02 Å². The monoisotopic (exact) mass is 312 g/mol. The summed E-state index contributed by atoms with van der Waals surface area (Å²) in [5.74, 6) is 0.744. The molecular weight excluding hydrogens is 288 g/mol. The van der Waals surface area contributed by atoms with Gasteiger partial charge in [-0.15, -0.1) is 0 Å². The highest BCUT2D eigenvalue weighted by Crippen LogP contribution is 2.30. The molecule has 0 radical (unpaired) electrons. The fourth-order valence-electron chi connectivity index (χ4n) is 1.69. The summed E-state index contributed by atoms with van der Waals surface area (Å²) in [5, 5.41) is 0.668. The topological polar surface area (TPSA) is 55.6 Å². The first-order valence-corrected chi connectivity index (χ1v) is 7.36. The molecule has 0 aliphatic heterocycles. The molecule has 118 valence electrons. The SMILES string of the molecule is CN(CCOc1ccc(Cl)cc1)C(=O)C(C)(C)C(C)(C)N. The highest BCUT2D eigenvalue weighted by Gasteiger charge is 2.41. The summed E-state index contributed by atoms with van der Waals surface area (Å²) in [7, 11) is 1.76. The van der Waals surface area contributed by atoms with Gasteiger partial charge in [-0.25, -0.2) is 0 Å². The minimum absolute atomic E-state index is 0.00899. The summed E-state index contributed by atoms with van der Waals surface area (Å²) in [6, 6.07) is 7.14. The van der Waals surface area contributed by atoms with E-state index in [9.17, 15) is 4.79 Å². The Morgan fingerprint density at radius 3 is 2.24 bits per heavy atom. The largest absolute Gasteiger partial charge is 0.492 e. The number of hydrogen-bond donors (Lipinski definition) is 1. The Kier molecular flexibility index (Phi) is 5.65. The van der Waals surface area contributed by atoms with E-state index in [0.29, 0.717) is 18.2 Å². The van der Waals surface area contributed by atoms with Crippen LogP contribution in [-0.4, -0.2) is 36.5 Å². The van der Waals surface area contributed by atoms with Gasteiger partial charge in [-0.3, -0.25) is 4.79 Å². The number of benzene rings is 1. The molecule has 1 aromatic carbocycles. The van der Waals surface area contributed by atoms with E-state index in [1.165, 1.54) is 0 Å². The third-order valence-electron chi connectivity index (χ3n) is 4.00. The van der Waals surface area contributed by atoms with Crippen LogP contribution in [0, 0.1) is 5.41 Å². The van der Waals surface area contributed by atoms with Crippen molar-refractivity contribution in [2.24, 2.45) is 11.1 Å². The second-order valence-electron chi connectivity index (χ2n) is 6.38. The number of nitrogens with zero attached hydrogens (tertiary/aromatic N) is 1. The molecule has 0 unspecified atom stereocenters. The maximum Gasteiger partial charge on any atom is 0.229 e. The molecule has 4 nitrogen and oxygen atoms in total. The standard InChI is InChI=1S/C16H25ClN2O2/c1-15(2,16(3,4)18)14(20)19(5)10-11-21-13-8-6-12(17)7-9-13/h6-9H,10-11,18H2,1-5H3. The maximum atomic E-state index is 12.5. The lowest BCUT2D eigenvalue weighted by atomic mass is 9.74. The van der Waals surface area contributed by atoms with Crippen LogP contribution in [0.15, 0.2) is 24.3 Å². The zero-order valence-electron chi connectivity index (χ0n) is 13.4. The molecule has 0 saturated heterocycles. The molecule has 0 atom stereocenters. The van der Waals surface area contributed by atoms with Gasteiger partial charge in [-0.1, -0.05) is 11.6 Å². The predicted molar refractivity (Wildman–Crippen MR) is 86.6 cm³/mol. The number of amides is 1. The average molecular weight is 313 g/mol. The van der Waals surface area contributed by atoms with Crippen molar-refractivity contribution in [3.63, 3.8) is 0 Å². The Labute approximate surface area is 132 Å². The van der Waals surface area contributed by atoms with Gasteiger partial charge in [0, 0.05) is 17.6 Å². The molecule has 0 aliphatic carbocycles. The van der Waals surface area contributed by atoms with Gasteiger partial charge in [0.05, 0.1) is 12.0 Å². The van der Waals surface area contributed by atoms with Crippen LogP contribution < -0.4 is 10.5 Å². The Bertz CT molecular complexity index is 478. The second-order valence-corrected chi connectivity index (χ2v) is 6.81. The number of nitrogens with two attached hydrogens (primary N) is 1. The van der Waals surface area contributed by atoms with Crippen molar-refractivity contribution in [1.29, 1.82) is 0 Å². The van der Waals surface area contributed by atoms with Gasteiger partial charge >= 0.3 is 0 Å². The fourth-order valence-corrected chi connectivity index (χ4v) is 1.81. The lowest BCUT2D eigenvalue weighted by Gasteiger charge is -2.39. The number of carbonyl (C=O) groups is 1. The summed E-state index contributed by atoms with van der Waals surface area (Å²) in [5.41, 5.74) is 4.87. The molecule has 0 spiro atoms. The van der Waals surface area contributed by atoms with Crippen LogP contribution in [0.25, 0.3) is 0 Å². The van der Waals surface area contributed by atoms with Gasteiger partial charge in [0.25, 0.3) is 0 Å². The second kappa shape index (κ2) is 6.67. The van der Waals surface area contributed by atoms with Crippen molar-refractivity contribution in [3.8, 4) is 5.75 Å². The van der Waals surface area contributed by atoms with Crippen molar-refractivity contribution < 1.29 is 9.53 Å². The number of likely N-dealkylation sites (N-methyl/N-ethyl adjacent to an activating group) is 1. The smallest absolute Gasteiger partial charge is 0.229 e. The summed E-state index contributed by atoms with van der Waals surface area (Å²) in [6.07, 6.45) is 0. The van der Waals surface area contributed by atoms with E-state index in [1.807, 2.05) is 27.7 Å². The van der Waals surface area contributed by atoms with Crippen molar-refractivity contribution >= 4 is 17.5 Å². The number of halogens is 1. The molecule has 21 heavy (non-hydrogen) atoms. The van der Waals surface area contributed by atoms with E-state index in [2.05, 4.69) is 0 Å². The highest BCUT2D eigenvalue weighted by molar-refractivity contribution is 6.30. The Hall–Kier alpha value is -1.26. The van der Waals surface area contributed by atoms with Crippen LogP contribution in [0.3, 0.4) is 0 Å². The molecule has 1 rings (SSSR count). The lowest BCUT2D eigenvalue weighted by molar-refractivity contribution is -0.142. The summed E-state index contributed by atoms with van der Waals surface area (Å²) >= 11 is 5.81. The first kappa shape index (κ1) is 17.8. The van der Waals surface area contributed by atoms with E-state index in [1.54, 1.807) is 36.2 Å². The van der Waals surface area contributed by atoms with Gasteiger partial charge in [-0.05, 0) is 52.0 Å². The zero-order chi connectivity index (χ0) is 16.3. The van der Waals surface area contributed by atoms with Crippen molar-refractivity contribution in [2.75, 3.05) is 20.2 Å². The third kappa shape index (κ3) is 4.61. The molecule has 2 N–H and O–H groups in total. The van der Waals surface area contributed by atoms with Crippen molar-refractivity contribution in [1.82, 2.24) is 4.90 Å². The molecule has 0 aromatic heterocycles. The predicted octanol–water partition coefficient (Wildman–Crippen LogP) is 2.94. The van der Waals surface area contributed by atoms with Gasteiger partial charge in [0.2, 0.25) is 5.91 Å². The van der Waals surface area contributed by atoms with Gasteiger partial charge in [0.1, 0.15) is 12.4 Å². The minimum atomic E-state index is -0.637. The Morgan fingerprint density at radius 1 is 1.24 bits per heavy atom. The van der Waals surface area contributed by atoms with Gasteiger partial charge in [0.15, 0.2) is 0 Å². The molecule has 0 bridgehead atoms. The fraction of sp³-hybridized carbons (Fsp3) is 0.562. The summed E-state index contributed by atoms with van der Waals surface area (Å²) < 4.78 is 5.60. The molecule has 0 aliphatic rings. The number of rotatable bonds is 6. The van der Waals surface area contributed by atoms with Crippen LogP contribution in [0.4, 0.5) is 0 Å². The molecular formula is C16H25ClN2O2. The number of ether oxygens (including phenoxy) is 1. The molecule has 0 fully saturated rings. The summed E-state index contributed by atoms with van der Waals surface area (Å²) in [6.45, 7) is 8.38. The van der Waals surface area contributed by atoms with Crippen molar-refractivity contribution in [2.45, 2.75) is 33.2 Å². The van der Waals surface area contributed by atoms with Crippen LogP contribution >= 0.6 is 11.6 Å². The minimum Gasteiger partial charge on any atom is -0.492 e. The first-order chi connectivity index (χ1) is 9.55.